The molecule has 2 unspecified atom stereocenters. The first kappa shape index (κ1) is 15.9. The van der Waals surface area contributed by atoms with Gasteiger partial charge in [0.25, 0.3) is 0 Å². The number of morpholine rings is 1. The molecule has 5 heteroatoms. The number of benzene rings is 1. The summed E-state index contributed by atoms with van der Waals surface area (Å²) in [4.78, 5) is 2.37. The molecule has 0 saturated carbocycles. The summed E-state index contributed by atoms with van der Waals surface area (Å²) in [6, 6.07) is 9.46. The van der Waals surface area contributed by atoms with Crippen molar-refractivity contribution in [3.8, 4) is 6.07 Å². The molecule has 0 amide bonds. The van der Waals surface area contributed by atoms with Crippen molar-refractivity contribution in [3.63, 3.8) is 0 Å². The Bertz CT molecular complexity index is 463. The third kappa shape index (κ3) is 5.10. The highest BCUT2D eigenvalue weighted by molar-refractivity contribution is 5.32. The lowest BCUT2D eigenvalue weighted by Gasteiger charge is -2.29. The molecule has 0 aliphatic carbocycles. The van der Waals surface area contributed by atoms with Crippen LogP contribution in [0.3, 0.4) is 0 Å². The predicted molar refractivity (Wildman–Crippen MR) is 80.8 cm³/mol. The summed E-state index contributed by atoms with van der Waals surface area (Å²) in [7, 11) is 0. The lowest BCUT2D eigenvalue weighted by molar-refractivity contribution is 0.0336. The molecule has 0 radical (unpaired) electrons. The molecular formula is C16H23N3O2. The Hall–Kier alpha value is -1.45. The smallest absolute Gasteiger partial charge is 0.0991 e. The van der Waals surface area contributed by atoms with Gasteiger partial charge in [0.1, 0.15) is 0 Å². The molecule has 2 N–H and O–H groups in total. The number of nitriles is 1. The minimum absolute atomic E-state index is 0.316. The highest BCUT2D eigenvalue weighted by atomic mass is 16.5. The summed E-state index contributed by atoms with van der Waals surface area (Å²) in [5.41, 5.74) is 1.44. The van der Waals surface area contributed by atoms with Crippen LogP contribution in [0.15, 0.2) is 24.3 Å². The van der Waals surface area contributed by atoms with Gasteiger partial charge in [-0.1, -0.05) is 12.1 Å². The van der Waals surface area contributed by atoms with Crippen LogP contribution in [0.5, 0.6) is 0 Å². The lowest BCUT2D eigenvalue weighted by atomic mass is 10.1. The normalized spacial score (nSPS) is 18.9. The van der Waals surface area contributed by atoms with E-state index in [1.165, 1.54) is 0 Å². The van der Waals surface area contributed by atoms with E-state index < -0.39 is 6.10 Å². The molecule has 0 spiro atoms. The number of hydrogen-bond donors (Lipinski definition) is 2. The molecule has 2 atom stereocenters. The van der Waals surface area contributed by atoms with Crippen LogP contribution in [0.25, 0.3) is 0 Å². The fraction of sp³-hybridized carbons (Fsp3) is 0.562. The molecule has 1 aromatic carbocycles. The van der Waals surface area contributed by atoms with E-state index in [0.29, 0.717) is 18.2 Å². The molecule has 21 heavy (non-hydrogen) atoms. The molecule has 1 aromatic rings. The van der Waals surface area contributed by atoms with E-state index in [1.54, 1.807) is 24.3 Å². The van der Waals surface area contributed by atoms with Crippen LogP contribution in [0.2, 0.25) is 0 Å². The van der Waals surface area contributed by atoms with E-state index in [4.69, 9.17) is 10.00 Å². The van der Waals surface area contributed by atoms with Crippen molar-refractivity contribution < 1.29 is 9.84 Å². The molecule has 1 aliphatic rings. The van der Waals surface area contributed by atoms with E-state index in [-0.39, 0.29) is 0 Å². The lowest BCUT2D eigenvalue weighted by Crippen LogP contribution is -2.45. The summed E-state index contributed by atoms with van der Waals surface area (Å²) < 4.78 is 5.33. The van der Waals surface area contributed by atoms with Gasteiger partial charge in [-0.2, -0.15) is 5.26 Å². The standard InChI is InChI=1S/C16H23N3O2/c1-13(12-19-6-8-21-9-7-19)18-11-16(20)15-4-2-14(10-17)3-5-15/h2-5,13,16,18,20H,6-9,11-12H2,1H3. The number of hydrogen-bond acceptors (Lipinski definition) is 5. The first-order chi connectivity index (χ1) is 10.2. The summed E-state index contributed by atoms with van der Waals surface area (Å²) in [5, 5.41) is 22.3. The fourth-order valence-corrected chi connectivity index (χ4v) is 2.45. The third-order valence-electron chi connectivity index (χ3n) is 3.72. The maximum Gasteiger partial charge on any atom is 0.0991 e. The number of ether oxygens (including phenoxy) is 1. The van der Waals surface area contributed by atoms with Crippen molar-refractivity contribution in [1.82, 2.24) is 10.2 Å². The van der Waals surface area contributed by atoms with Crippen molar-refractivity contribution >= 4 is 0 Å². The van der Waals surface area contributed by atoms with Crippen LogP contribution in [0, 0.1) is 11.3 Å². The average molecular weight is 289 g/mol. The molecular weight excluding hydrogens is 266 g/mol. The third-order valence-corrected chi connectivity index (χ3v) is 3.72. The maximum atomic E-state index is 10.2. The Morgan fingerprint density at radius 1 is 1.33 bits per heavy atom. The van der Waals surface area contributed by atoms with Crippen LogP contribution < -0.4 is 5.32 Å². The van der Waals surface area contributed by atoms with Gasteiger partial charge in [-0.05, 0) is 24.6 Å². The van der Waals surface area contributed by atoms with Crippen LogP contribution in [0.1, 0.15) is 24.2 Å². The Kier molecular flexibility index (Phi) is 6.15. The zero-order valence-electron chi connectivity index (χ0n) is 12.5. The van der Waals surface area contributed by atoms with Crippen molar-refractivity contribution in [3.05, 3.63) is 35.4 Å². The minimum Gasteiger partial charge on any atom is -0.387 e. The molecule has 1 fully saturated rings. The largest absolute Gasteiger partial charge is 0.387 e. The van der Waals surface area contributed by atoms with Crippen molar-refractivity contribution in [2.24, 2.45) is 0 Å². The number of nitrogens with one attached hydrogen (secondary N) is 1. The second kappa shape index (κ2) is 8.11. The number of aliphatic hydroxyl groups excluding tert-OH is 1. The molecule has 2 rings (SSSR count). The average Bonchev–Trinajstić information content (AvgIpc) is 2.53. The first-order valence-electron chi connectivity index (χ1n) is 7.40. The van der Waals surface area contributed by atoms with Gasteiger partial charge in [0.05, 0.1) is 31.0 Å². The van der Waals surface area contributed by atoms with Gasteiger partial charge in [-0.3, -0.25) is 4.90 Å². The van der Waals surface area contributed by atoms with Crippen LogP contribution in [-0.4, -0.2) is 55.4 Å². The SMILES string of the molecule is CC(CN1CCOCC1)NCC(O)c1ccc(C#N)cc1. The fourth-order valence-electron chi connectivity index (χ4n) is 2.45. The highest BCUT2D eigenvalue weighted by Crippen LogP contribution is 2.13. The number of aliphatic hydroxyl groups is 1. The van der Waals surface area contributed by atoms with Crippen LogP contribution in [-0.2, 0) is 4.74 Å². The van der Waals surface area contributed by atoms with Gasteiger partial charge in [-0.25, -0.2) is 0 Å². The summed E-state index contributed by atoms with van der Waals surface area (Å²) in [6.45, 7) is 7.16. The van der Waals surface area contributed by atoms with Gasteiger partial charge in [0, 0.05) is 32.2 Å². The Morgan fingerprint density at radius 2 is 2.00 bits per heavy atom. The summed E-state index contributed by atoms with van der Waals surface area (Å²) in [6.07, 6.45) is -0.551. The molecule has 0 aromatic heterocycles. The van der Waals surface area contributed by atoms with Crippen molar-refractivity contribution in [2.45, 2.75) is 19.1 Å². The maximum absolute atomic E-state index is 10.2. The van der Waals surface area contributed by atoms with E-state index in [1.807, 2.05) is 0 Å². The minimum atomic E-state index is -0.551. The highest BCUT2D eigenvalue weighted by Gasteiger charge is 2.15. The number of rotatable bonds is 6. The van der Waals surface area contributed by atoms with Crippen LogP contribution in [0.4, 0.5) is 0 Å². The molecule has 114 valence electrons. The van der Waals surface area contributed by atoms with Crippen molar-refractivity contribution in [2.75, 3.05) is 39.4 Å². The molecule has 0 bridgehead atoms. The first-order valence-corrected chi connectivity index (χ1v) is 7.40. The van der Waals surface area contributed by atoms with Gasteiger partial charge in [0.2, 0.25) is 0 Å². The van der Waals surface area contributed by atoms with E-state index in [0.717, 1.165) is 38.4 Å². The second-order valence-electron chi connectivity index (χ2n) is 5.47. The number of nitrogens with zero attached hydrogens (tertiary/aromatic N) is 2. The van der Waals surface area contributed by atoms with Crippen molar-refractivity contribution in [1.29, 1.82) is 5.26 Å². The van der Waals surface area contributed by atoms with Gasteiger partial charge < -0.3 is 15.2 Å². The monoisotopic (exact) mass is 289 g/mol. The quantitative estimate of drug-likeness (QED) is 0.814. The van der Waals surface area contributed by atoms with E-state index in [2.05, 4.69) is 23.2 Å². The van der Waals surface area contributed by atoms with Gasteiger partial charge >= 0.3 is 0 Å². The molecule has 1 aliphatic heterocycles. The van der Waals surface area contributed by atoms with Gasteiger partial charge in [0.15, 0.2) is 0 Å². The molecule has 1 heterocycles. The Labute approximate surface area is 126 Å². The van der Waals surface area contributed by atoms with Crippen LogP contribution >= 0.6 is 0 Å². The Morgan fingerprint density at radius 3 is 2.62 bits per heavy atom. The molecule has 1 saturated heterocycles. The summed E-state index contributed by atoms with van der Waals surface area (Å²) >= 11 is 0. The Balaban J connectivity index is 1.74. The molecule has 5 nitrogen and oxygen atoms in total. The zero-order valence-corrected chi connectivity index (χ0v) is 12.5. The van der Waals surface area contributed by atoms with E-state index >= 15 is 0 Å². The predicted octanol–water partition coefficient (Wildman–Crippen LogP) is 0.902. The summed E-state index contributed by atoms with van der Waals surface area (Å²) in [5.74, 6) is 0. The zero-order chi connectivity index (χ0) is 15.1. The van der Waals surface area contributed by atoms with Gasteiger partial charge in [-0.15, -0.1) is 0 Å². The second-order valence-corrected chi connectivity index (χ2v) is 5.47. The van der Waals surface area contributed by atoms with E-state index in [9.17, 15) is 5.11 Å². The topological polar surface area (TPSA) is 68.5 Å².